The molecule has 2 aromatic carbocycles. The van der Waals surface area contributed by atoms with Crippen LogP contribution in [0.2, 0.25) is 0 Å². The van der Waals surface area contributed by atoms with Gasteiger partial charge in [-0.1, -0.05) is 30.3 Å². The second-order valence-electron chi connectivity index (χ2n) is 5.14. The lowest BCUT2D eigenvalue weighted by Crippen LogP contribution is -2.08. The molecule has 0 saturated carbocycles. The number of nitrogens with zero attached hydrogens (tertiary/aromatic N) is 2. The molecule has 2 N–H and O–H groups in total. The maximum Gasteiger partial charge on any atom is 0.419 e. The first-order valence-corrected chi connectivity index (χ1v) is 8.13. The van der Waals surface area contributed by atoms with E-state index in [9.17, 15) is 22.7 Å². The largest absolute Gasteiger partial charge is 0.504 e. The maximum absolute atomic E-state index is 13.6. The van der Waals surface area contributed by atoms with Crippen molar-refractivity contribution in [2.75, 3.05) is 5.43 Å². The summed E-state index contributed by atoms with van der Waals surface area (Å²) in [5, 5.41) is 15.6. The third kappa shape index (κ3) is 3.83. The molecule has 0 radical (unpaired) electrons. The van der Waals surface area contributed by atoms with Gasteiger partial charge < -0.3 is 5.11 Å². The zero-order valence-corrected chi connectivity index (χ0v) is 13.8. The lowest BCUT2D eigenvalue weighted by molar-refractivity contribution is -0.140. The van der Waals surface area contributed by atoms with Crippen LogP contribution in [-0.4, -0.2) is 16.3 Å². The van der Waals surface area contributed by atoms with Gasteiger partial charge in [-0.05, 0) is 12.1 Å². The number of rotatable bonds is 4. The zero-order valence-electron chi connectivity index (χ0n) is 13.0. The highest BCUT2D eigenvalue weighted by Gasteiger charge is 2.35. The average molecular weight is 381 g/mol. The van der Waals surface area contributed by atoms with E-state index in [-0.39, 0.29) is 5.56 Å². The van der Waals surface area contributed by atoms with Gasteiger partial charge >= 0.3 is 6.18 Å². The highest BCUT2D eigenvalue weighted by atomic mass is 32.1. The quantitative estimate of drug-likeness (QED) is 0.375. The summed E-state index contributed by atoms with van der Waals surface area (Å²) in [6.45, 7) is 0. The van der Waals surface area contributed by atoms with Gasteiger partial charge in [0.1, 0.15) is 0 Å². The van der Waals surface area contributed by atoms with Crippen LogP contribution in [0, 0.1) is 5.82 Å². The fourth-order valence-corrected chi connectivity index (χ4v) is 2.79. The number of halogens is 4. The number of benzene rings is 2. The predicted octanol–water partition coefficient (Wildman–Crippen LogP) is 5.12. The second-order valence-corrected chi connectivity index (χ2v) is 5.99. The third-order valence-electron chi connectivity index (χ3n) is 3.39. The van der Waals surface area contributed by atoms with Gasteiger partial charge in [0, 0.05) is 16.5 Å². The van der Waals surface area contributed by atoms with E-state index < -0.39 is 23.3 Å². The molecule has 0 aliphatic carbocycles. The van der Waals surface area contributed by atoms with Crippen molar-refractivity contribution >= 4 is 22.7 Å². The minimum Gasteiger partial charge on any atom is -0.504 e. The smallest absolute Gasteiger partial charge is 0.419 e. The number of aromatic nitrogens is 1. The van der Waals surface area contributed by atoms with E-state index in [2.05, 4.69) is 15.5 Å². The number of hydrogen-bond donors (Lipinski definition) is 2. The van der Waals surface area contributed by atoms with Crippen LogP contribution < -0.4 is 5.43 Å². The summed E-state index contributed by atoms with van der Waals surface area (Å²) in [6, 6.07) is 10.9. The number of hydrogen-bond acceptors (Lipinski definition) is 5. The van der Waals surface area contributed by atoms with Crippen LogP contribution in [0.3, 0.4) is 0 Å². The summed E-state index contributed by atoms with van der Waals surface area (Å²) in [7, 11) is 0. The van der Waals surface area contributed by atoms with Crippen molar-refractivity contribution in [2.24, 2.45) is 5.10 Å². The van der Waals surface area contributed by atoms with E-state index >= 15 is 0 Å². The van der Waals surface area contributed by atoms with Gasteiger partial charge in [0.15, 0.2) is 11.6 Å². The Hall–Kier alpha value is -2.94. The molecule has 0 unspecified atom stereocenters. The minimum absolute atomic E-state index is 0.192. The Morgan fingerprint density at radius 3 is 2.54 bits per heavy atom. The van der Waals surface area contributed by atoms with Gasteiger partial charge in [0.2, 0.25) is 5.13 Å². The maximum atomic E-state index is 13.6. The molecule has 134 valence electrons. The van der Waals surface area contributed by atoms with E-state index in [4.69, 9.17) is 0 Å². The van der Waals surface area contributed by atoms with Gasteiger partial charge in [-0.2, -0.15) is 18.3 Å². The molecule has 0 atom stereocenters. The molecule has 0 fully saturated rings. The summed E-state index contributed by atoms with van der Waals surface area (Å²) in [5.74, 6) is -2.85. The summed E-state index contributed by atoms with van der Waals surface area (Å²) < 4.78 is 51.4. The van der Waals surface area contributed by atoms with E-state index in [1.807, 2.05) is 35.7 Å². The molecule has 0 spiro atoms. The summed E-state index contributed by atoms with van der Waals surface area (Å²) >= 11 is 1.27. The fourth-order valence-electron chi connectivity index (χ4n) is 2.13. The first kappa shape index (κ1) is 17.9. The Kier molecular flexibility index (Phi) is 4.90. The third-order valence-corrected chi connectivity index (χ3v) is 4.14. The number of phenols is 1. The summed E-state index contributed by atoms with van der Waals surface area (Å²) in [6.07, 6.45) is -3.87. The Morgan fingerprint density at radius 1 is 1.12 bits per heavy atom. The lowest BCUT2D eigenvalue weighted by atomic mass is 10.1. The van der Waals surface area contributed by atoms with Gasteiger partial charge in [-0.25, -0.2) is 9.37 Å². The Labute approximate surface area is 149 Å². The number of phenolic OH excluding ortho intramolecular Hbond substituents is 1. The van der Waals surface area contributed by atoms with E-state index in [1.165, 1.54) is 11.3 Å². The molecule has 3 aromatic rings. The molecule has 4 nitrogen and oxygen atoms in total. The van der Waals surface area contributed by atoms with Crippen LogP contribution >= 0.6 is 11.3 Å². The van der Waals surface area contributed by atoms with Crippen LogP contribution in [0.1, 0.15) is 11.1 Å². The van der Waals surface area contributed by atoms with Crippen molar-refractivity contribution < 1.29 is 22.7 Å². The lowest BCUT2D eigenvalue weighted by Gasteiger charge is -2.09. The molecule has 26 heavy (non-hydrogen) atoms. The number of alkyl halides is 3. The Morgan fingerprint density at radius 2 is 1.85 bits per heavy atom. The molecule has 0 bridgehead atoms. The van der Waals surface area contributed by atoms with Crippen molar-refractivity contribution in [3.8, 4) is 17.0 Å². The monoisotopic (exact) mass is 381 g/mol. The minimum atomic E-state index is -4.88. The zero-order chi connectivity index (χ0) is 18.7. The highest BCUT2D eigenvalue weighted by Crippen LogP contribution is 2.35. The predicted molar refractivity (Wildman–Crippen MR) is 91.8 cm³/mol. The molecule has 0 saturated heterocycles. The van der Waals surface area contributed by atoms with Crippen LogP contribution in [0.5, 0.6) is 5.75 Å². The summed E-state index contributed by atoms with van der Waals surface area (Å²) in [4.78, 5) is 4.31. The topological polar surface area (TPSA) is 57.5 Å². The molecule has 9 heteroatoms. The number of anilines is 1. The van der Waals surface area contributed by atoms with Crippen LogP contribution in [0.25, 0.3) is 11.3 Å². The van der Waals surface area contributed by atoms with Crippen molar-refractivity contribution in [1.82, 2.24) is 4.98 Å². The van der Waals surface area contributed by atoms with Crippen molar-refractivity contribution in [1.29, 1.82) is 0 Å². The first-order chi connectivity index (χ1) is 12.4. The normalized spacial score (nSPS) is 11.8. The number of nitrogens with one attached hydrogen (secondary N) is 1. The molecule has 0 aliphatic heterocycles. The van der Waals surface area contributed by atoms with Crippen LogP contribution in [-0.2, 0) is 6.18 Å². The van der Waals surface area contributed by atoms with Crippen molar-refractivity contribution in [2.45, 2.75) is 6.18 Å². The van der Waals surface area contributed by atoms with Gasteiger partial charge in [-0.15, -0.1) is 11.3 Å². The van der Waals surface area contributed by atoms with Crippen molar-refractivity contribution in [3.63, 3.8) is 0 Å². The molecule has 0 amide bonds. The Balaban J connectivity index is 1.74. The highest BCUT2D eigenvalue weighted by molar-refractivity contribution is 7.14. The Bertz CT molecular complexity index is 939. The molecule has 1 aromatic heterocycles. The van der Waals surface area contributed by atoms with Crippen LogP contribution in [0.4, 0.5) is 22.7 Å². The number of thiazole rings is 1. The van der Waals surface area contributed by atoms with Gasteiger partial charge in [0.25, 0.3) is 0 Å². The number of hydrazone groups is 1. The van der Waals surface area contributed by atoms with Crippen molar-refractivity contribution in [3.05, 3.63) is 64.8 Å². The van der Waals surface area contributed by atoms with E-state index in [1.54, 1.807) is 0 Å². The van der Waals surface area contributed by atoms with Crippen LogP contribution in [0.15, 0.2) is 52.9 Å². The second kappa shape index (κ2) is 7.12. The first-order valence-electron chi connectivity index (χ1n) is 7.25. The summed E-state index contributed by atoms with van der Waals surface area (Å²) in [5.41, 5.74) is 2.52. The molecule has 0 aliphatic rings. The van der Waals surface area contributed by atoms with Gasteiger partial charge in [-0.3, -0.25) is 5.43 Å². The molecular formula is C17H11F4N3OS. The van der Waals surface area contributed by atoms with E-state index in [0.29, 0.717) is 11.2 Å². The SMILES string of the molecule is Oc1c(C=NNc2nc(-c3ccccc3)cs2)ccc(C(F)(F)F)c1F. The number of aromatic hydroxyl groups is 1. The average Bonchev–Trinajstić information content (AvgIpc) is 3.07. The molecule has 3 rings (SSSR count). The molecule has 1 heterocycles. The molecular weight excluding hydrogens is 370 g/mol. The van der Waals surface area contributed by atoms with E-state index in [0.717, 1.165) is 23.5 Å². The van der Waals surface area contributed by atoms with Gasteiger partial charge in [0.05, 0.1) is 17.5 Å². The standard InChI is InChI=1S/C17H11F4N3OS/c18-14-12(17(19,20)21)7-6-11(15(14)25)8-22-24-16-23-13(9-26-16)10-4-2-1-3-5-10/h1-9,25H,(H,23,24). The fraction of sp³-hybridized carbons (Fsp3) is 0.0588.